The van der Waals surface area contributed by atoms with E-state index in [1.54, 1.807) is 12.1 Å². The van der Waals surface area contributed by atoms with E-state index in [9.17, 15) is 4.39 Å². The average molecular weight is 255 g/mol. The molecule has 1 atom stereocenters. The van der Waals surface area contributed by atoms with Crippen LogP contribution in [0, 0.1) is 12.7 Å². The van der Waals surface area contributed by atoms with Gasteiger partial charge >= 0.3 is 0 Å². The highest BCUT2D eigenvalue weighted by molar-refractivity contribution is 7.99. The van der Waals surface area contributed by atoms with E-state index in [1.807, 2.05) is 24.8 Å². The summed E-state index contributed by atoms with van der Waals surface area (Å²) in [7, 11) is 0. The second kappa shape index (κ2) is 7.72. The van der Waals surface area contributed by atoms with Crippen LogP contribution in [0.2, 0.25) is 0 Å². The molecule has 1 nitrogen and oxygen atoms in total. The first kappa shape index (κ1) is 14.5. The number of rotatable bonds is 7. The highest BCUT2D eigenvalue weighted by Gasteiger charge is 2.13. The summed E-state index contributed by atoms with van der Waals surface area (Å²) in [6, 6.07) is 5.42. The maximum atomic E-state index is 13.1. The smallest absolute Gasteiger partial charge is 0.123 e. The molecule has 0 saturated carbocycles. The van der Waals surface area contributed by atoms with E-state index in [0.717, 1.165) is 30.0 Å². The Morgan fingerprint density at radius 3 is 2.71 bits per heavy atom. The predicted molar refractivity (Wildman–Crippen MR) is 75.2 cm³/mol. The molecule has 0 radical (unpaired) electrons. The average Bonchev–Trinajstić information content (AvgIpc) is 2.30. The third-order valence-corrected chi connectivity index (χ3v) is 3.71. The lowest BCUT2D eigenvalue weighted by molar-refractivity contribution is 0.571. The third kappa shape index (κ3) is 4.68. The van der Waals surface area contributed by atoms with E-state index >= 15 is 0 Å². The molecule has 0 bridgehead atoms. The van der Waals surface area contributed by atoms with Gasteiger partial charge in [0.1, 0.15) is 5.82 Å². The molecule has 96 valence electrons. The number of nitrogens with one attached hydrogen (secondary N) is 1. The summed E-state index contributed by atoms with van der Waals surface area (Å²) < 4.78 is 13.1. The van der Waals surface area contributed by atoms with E-state index in [-0.39, 0.29) is 5.82 Å². The first-order valence-corrected chi connectivity index (χ1v) is 7.41. The number of aryl methyl sites for hydroxylation is 1. The molecule has 0 aliphatic heterocycles. The first-order valence-electron chi connectivity index (χ1n) is 6.26. The summed E-state index contributed by atoms with van der Waals surface area (Å²) in [6.45, 7) is 7.31. The second-order valence-electron chi connectivity index (χ2n) is 4.17. The van der Waals surface area contributed by atoms with Crippen LogP contribution in [-0.4, -0.2) is 18.1 Å². The number of thioether (sulfide) groups is 1. The van der Waals surface area contributed by atoms with Crippen LogP contribution in [0.5, 0.6) is 0 Å². The molecule has 0 heterocycles. The molecule has 0 saturated heterocycles. The molecule has 1 aromatic rings. The summed E-state index contributed by atoms with van der Waals surface area (Å²) in [5.74, 6) is 2.01. The number of halogens is 1. The Balaban J connectivity index is 2.79. The second-order valence-corrected chi connectivity index (χ2v) is 5.49. The minimum Gasteiger partial charge on any atom is -0.309 e. The highest BCUT2D eigenvalue weighted by atomic mass is 32.2. The SMILES string of the molecule is CCCNC(CSCC)c1ccc(F)cc1C. The molecule has 0 fully saturated rings. The molecule has 0 amide bonds. The number of hydrogen-bond donors (Lipinski definition) is 1. The minimum absolute atomic E-state index is 0.149. The van der Waals surface area contributed by atoms with Gasteiger partial charge in [0.2, 0.25) is 0 Å². The molecule has 1 unspecified atom stereocenters. The number of hydrogen-bond acceptors (Lipinski definition) is 2. The van der Waals surface area contributed by atoms with Crippen LogP contribution < -0.4 is 5.32 Å². The van der Waals surface area contributed by atoms with E-state index < -0.39 is 0 Å². The lowest BCUT2D eigenvalue weighted by Gasteiger charge is -2.20. The Labute approximate surface area is 108 Å². The van der Waals surface area contributed by atoms with Crippen molar-refractivity contribution in [2.45, 2.75) is 33.2 Å². The normalized spacial score (nSPS) is 12.7. The Morgan fingerprint density at radius 2 is 2.12 bits per heavy atom. The minimum atomic E-state index is -0.149. The lowest BCUT2D eigenvalue weighted by Crippen LogP contribution is -2.25. The molecule has 0 aliphatic carbocycles. The van der Waals surface area contributed by atoms with Gasteiger partial charge in [-0.1, -0.05) is 19.9 Å². The maximum absolute atomic E-state index is 13.1. The van der Waals surface area contributed by atoms with Crippen molar-refractivity contribution in [3.05, 3.63) is 35.1 Å². The van der Waals surface area contributed by atoms with Crippen molar-refractivity contribution in [3.8, 4) is 0 Å². The zero-order valence-corrected chi connectivity index (χ0v) is 11.7. The van der Waals surface area contributed by atoms with Gasteiger partial charge in [0.05, 0.1) is 0 Å². The molecule has 0 spiro atoms. The van der Waals surface area contributed by atoms with Crippen LogP contribution in [0.15, 0.2) is 18.2 Å². The molecule has 0 aromatic heterocycles. The van der Waals surface area contributed by atoms with Gasteiger partial charge in [0.25, 0.3) is 0 Å². The van der Waals surface area contributed by atoms with Gasteiger partial charge in [-0.3, -0.25) is 0 Å². The Kier molecular flexibility index (Phi) is 6.60. The van der Waals surface area contributed by atoms with Crippen LogP contribution >= 0.6 is 11.8 Å². The summed E-state index contributed by atoms with van der Waals surface area (Å²) in [5.41, 5.74) is 2.26. The Bertz CT molecular complexity index is 333. The van der Waals surface area contributed by atoms with E-state index in [4.69, 9.17) is 0 Å². The van der Waals surface area contributed by atoms with E-state index in [0.29, 0.717) is 6.04 Å². The fourth-order valence-electron chi connectivity index (χ4n) is 1.84. The summed E-state index contributed by atoms with van der Waals surface area (Å²) in [6.07, 6.45) is 1.12. The van der Waals surface area contributed by atoms with Gasteiger partial charge in [-0.15, -0.1) is 0 Å². The molecular weight excluding hydrogens is 233 g/mol. The van der Waals surface area contributed by atoms with Crippen molar-refractivity contribution in [2.75, 3.05) is 18.1 Å². The first-order chi connectivity index (χ1) is 8.19. The fourth-order valence-corrected chi connectivity index (χ4v) is 2.61. The Hall–Kier alpha value is -0.540. The summed E-state index contributed by atoms with van der Waals surface area (Å²) in [5, 5.41) is 3.54. The molecule has 1 N–H and O–H groups in total. The van der Waals surface area contributed by atoms with Crippen molar-refractivity contribution in [1.82, 2.24) is 5.32 Å². The third-order valence-electron chi connectivity index (χ3n) is 2.74. The topological polar surface area (TPSA) is 12.0 Å². The van der Waals surface area contributed by atoms with Crippen LogP contribution in [0.25, 0.3) is 0 Å². The van der Waals surface area contributed by atoms with Crippen molar-refractivity contribution < 1.29 is 4.39 Å². The van der Waals surface area contributed by atoms with Gasteiger partial charge in [-0.2, -0.15) is 11.8 Å². The highest BCUT2D eigenvalue weighted by Crippen LogP contribution is 2.22. The van der Waals surface area contributed by atoms with Crippen LogP contribution in [-0.2, 0) is 0 Å². The van der Waals surface area contributed by atoms with Gasteiger partial charge < -0.3 is 5.32 Å². The van der Waals surface area contributed by atoms with Crippen molar-refractivity contribution in [2.24, 2.45) is 0 Å². The van der Waals surface area contributed by atoms with Crippen molar-refractivity contribution >= 4 is 11.8 Å². The fraction of sp³-hybridized carbons (Fsp3) is 0.571. The molecule has 0 aliphatic rings. The molecular formula is C14H22FNS. The molecule has 3 heteroatoms. The van der Waals surface area contributed by atoms with Gasteiger partial charge in [0, 0.05) is 11.8 Å². The Morgan fingerprint density at radius 1 is 1.35 bits per heavy atom. The van der Waals surface area contributed by atoms with Gasteiger partial charge in [-0.25, -0.2) is 4.39 Å². The molecule has 1 rings (SSSR count). The van der Waals surface area contributed by atoms with Crippen molar-refractivity contribution in [3.63, 3.8) is 0 Å². The predicted octanol–water partition coefficient (Wildman–Crippen LogP) is 3.93. The monoisotopic (exact) mass is 255 g/mol. The largest absolute Gasteiger partial charge is 0.309 e. The van der Waals surface area contributed by atoms with Gasteiger partial charge in [-0.05, 0) is 48.9 Å². The van der Waals surface area contributed by atoms with Crippen LogP contribution in [0.4, 0.5) is 4.39 Å². The van der Waals surface area contributed by atoms with E-state index in [2.05, 4.69) is 19.2 Å². The zero-order chi connectivity index (χ0) is 12.7. The summed E-state index contributed by atoms with van der Waals surface area (Å²) >= 11 is 1.92. The lowest BCUT2D eigenvalue weighted by atomic mass is 10.0. The number of benzene rings is 1. The molecule has 1 aromatic carbocycles. The van der Waals surface area contributed by atoms with E-state index in [1.165, 1.54) is 5.56 Å². The zero-order valence-electron chi connectivity index (χ0n) is 10.9. The van der Waals surface area contributed by atoms with Crippen LogP contribution in [0.3, 0.4) is 0 Å². The van der Waals surface area contributed by atoms with Gasteiger partial charge in [0.15, 0.2) is 0 Å². The van der Waals surface area contributed by atoms with Crippen molar-refractivity contribution in [1.29, 1.82) is 0 Å². The van der Waals surface area contributed by atoms with Crippen LogP contribution in [0.1, 0.15) is 37.4 Å². The quantitative estimate of drug-likeness (QED) is 0.792. The molecule has 17 heavy (non-hydrogen) atoms. The standard InChI is InChI=1S/C14H22FNS/c1-4-8-16-14(10-17-5-2)13-7-6-12(15)9-11(13)3/h6-7,9,14,16H,4-5,8,10H2,1-3H3. The summed E-state index contributed by atoms with van der Waals surface area (Å²) in [4.78, 5) is 0. The maximum Gasteiger partial charge on any atom is 0.123 e.